The average molecular weight is 1020 g/mol. The number of carboxylic acids is 5. The molecule has 72 heavy (non-hydrogen) atoms. The Morgan fingerprint density at radius 1 is 0.431 bits per heavy atom. The molecule has 0 bridgehead atoms. The van der Waals surface area contributed by atoms with Crippen LogP contribution in [0, 0.1) is 23.7 Å². The normalized spacial score (nSPS) is 16.1. The van der Waals surface area contributed by atoms with Crippen LogP contribution in [0.2, 0.25) is 0 Å². The number of rotatable bonds is 46. The summed E-state index contributed by atoms with van der Waals surface area (Å²) < 4.78 is 0. The number of nitrogens with one attached hydrogen (secondary N) is 3. The van der Waals surface area contributed by atoms with Gasteiger partial charge in [0, 0.05) is 76.2 Å². The Morgan fingerprint density at radius 3 is 1.32 bits per heavy atom. The van der Waals surface area contributed by atoms with E-state index in [4.69, 9.17) is 10.2 Å². The van der Waals surface area contributed by atoms with Crippen LogP contribution in [0.15, 0.2) is 0 Å². The van der Waals surface area contributed by atoms with Gasteiger partial charge in [-0.05, 0) is 76.5 Å². The fraction of sp³-hybridized carbons (Fsp3) is 0.792. The Morgan fingerprint density at radius 2 is 0.861 bits per heavy atom. The zero-order valence-electron chi connectivity index (χ0n) is 42.9. The molecule has 0 unspecified atom stereocenters. The highest BCUT2D eigenvalue weighted by molar-refractivity contribution is 5.95. The summed E-state index contributed by atoms with van der Waals surface area (Å²) in [6.45, 7) is 2.23. The lowest BCUT2D eigenvalue weighted by atomic mass is 9.78. The zero-order chi connectivity index (χ0) is 53.7. The third-order valence-corrected chi connectivity index (χ3v) is 13.7. The minimum absolute atomic E-state index is 0.0148. The fourth-order valence-corrected chi connectivity index (χ4v) is 9.25. The molecule has 0 saturated heterocycles. The summed E-state index contributed by atoms with van der Waals surface area (Å²) in [5.41, 5.74) is 0. The number of unbranched alkanes of at least 4 members (excludes halogenated alkanes) is 15. The lowest BCUT2D eigenvalue weighted by Gasteiger charge is -2.28. The second-order valence-electron chi connectivity index (χ2n) is 19.9. The van der Waals surface area contributed by atoms with E-state index in [-0.39, 0.29) is 62.1 Å². The van der Waals surface area contributed by atoms with Crippen molar-refractivity contribution in [1.29, 1.82) is 0 Å². The van der Waals surface area contributed by atoms with Crippen molar-refractivity contribution in [3.8, 4) is 0 Å². The highest BCUT2D eigenvalue weighted by Gasteiger charge is 2.33. The Bertz CT molecular complexity index is 1710. The van der Waals surface area contributed by atoms with Crippen molar-refractivity contribution < 1.29 is 78.3 Å². The molecule has 1 fully saturated rings. The molecule has 19 nitrogen and oxygen atoms in total. The number of hydrogen-bond acceptors (Lipinski definition) is 11. The van der Waals surface area contributed by atoms with Gasteiger partial charge in [-0.3, -0.25) is 52.7 Å². The highest BCUT2D eigenvalue weighted by Crippen LogP contribution is 2.31. The first-order chi connectivity index (χ1) is 34.3. The van der Waals surface area contributed by atoms with E-state index >= 15 is 0 Å². The van der Waals surface area contributed by atoms with Crippen LogP contribution >= 0.6 is 0 Å². The maximum Gasteiger partial charge on any atom is 0.306 e. The van der Waals surface area contributed by atoms with Gasteiger partial charge in [-0.1, -0.05) is 96.8 Å². The Balaban J connectivity index is 2.50. The summed E-state index contributed by atoms with van der Waals surface area (Å²) in [5, 5.41) is 54.3. The van der Waals surface area contributed by atoms with Crippen molar-refractivity contribution in [2.45, 2.75) is 237 Å². The van der Waals surface area contributed by atoms with Crippen molar-refractivity contribution in [3.63, 3.8) is 0 Å². The first-order valence-corrected chi connectivity index (χ1v) is 26.9. The summed E-state index contributed by atoms with van der Waals surface area (Å²) in [7, 11) is 0. The van der Waals surface area contributed by atoms with Gasteiger partial charge in [0.2, 0.25) is 17.7 Å². The first-order valence-electron chi connectivity index (χ1n) is 26.9. The van der Waals surface area contributed by atoms with Crippen molar-refractivity contribution in [1.82, 2.24) is 16.0 Å². The topological polar surface area (TPSA) is 325 Å². The number of ketones is 3. The highest BCUT2D eigenvalue weighted by atomic mass is 16.4. The second-order valence-corrected chi connectivity index (χ2v) is 19.9. The van der Waals surface area contributed by atoms with Crippen LogP contribution in [0.5, 0.6) is 0 Å². The molecule has 1 rings (SSSR count). The summed E-state index contributed by atoms with van der Waals surface area (Å²) in [4.78, 5) is 135. The van der Waals surface area contributed by atoms with Crippen LogP contribution in [0.4, 0.5) is 0 Å². The maximum absolute atomic E-state index is 13.6. The lowest BCUT2D eigenvalue weighted by Crippen LogP contribution is -2.46. The van der Waals surface area contributed by atoms with E-state index in [1.54, 1.807) is 6.92 Å². The van der Waals surface area contributed by atoms with Gasteiger partial charge in [-0.25, -0.2) is 0 Å². The van der Waals surface area contributed by atoms with Gasteiger partial charge in [-0.2, -0.15) is 0 Å². The third kappa shape index (κ3) is 32.7. The molecule has 4 atom stereocenters. The molecular formula is C53H87N3O16. The van der Waals surface area contributed by atoms with Gasteiger partial charge < -0.3 is 41.5 Å². The van der Waals surface area contributed by atoms with E-state index in [1.165, 1.54) is 64.2 Å². The van der Waals surface area contributed by atoms with E-state index in [2.05, 4.69) is 16.0 Å². The van der Waals surface area contributed by atoms with Crippen molar-refractivity contribution >= 4 is 64.9 Å². The molecule has 19 heteroatoms. The van der Waals surface area contributed by atoms with Crippen LogP contribution < -0.4 is 16.0 Å². The second kappa shape index (κ2) is 39.3. The van der Waals surface area contributed by atoms with Crippen molar-refractivity contribution in [2.24, 2.45) is 23.7 Å². The summed E-state index contributed by atoms with van der Waals surface area (Å²) >= 11 is 0. The van der Waals surface area contributed by atoms with E-state index in [1.807, 2.05) is 0 Å². The van der Waals surface area contributed by atoms with Crippen molar-refractivity contribution in [2.75, 3.05) is 6.54 Å². The Labute approximate surface area is 425 Å². The van der Waals surface area contributed by atoms with Gasteiger partial charge in [0.05, 0.1) is 18.0 Å². The molecule has 0 radical (unpaired) electrons. The lowest BCUT2D eigenvalue weighted by molar-refractivity contribution is -0.145. The summed E-state index contributed by atoms with van der Waals surface area (Å²) in [5.74, 6) is -11.7. The van der Waals surface area contributed by atoms with Crippen molar-refractivity contribution in [3.05, 3.63) is 0 Å². The average Bonchev–Trinajstić information content (AvgIpc) is 3.32. The van der Waals surface area contributed by atoms with Gasteiger partial charge in [0.15, 0.2) is 11.6 Å². The summed E-state index contributed by atoms with van der Waals surface area (Å²) in [6, 6.07) is -2.66. The van der Waals surface area contributed by atoms with Crippen LogP contribution in [0.3, 0.4) is 0 Å². The predicted octanol–water partition coefficient (Wildman–Crippen LogP) is 7.96. The molecule has 0 aromatic heterocycles. The molecule has 1 aliphatic rings. The minimum atomic E-state index is -1.45. The minimum Gasteiger partial charge on any atom is -0.481 e. The van der Waals surface area contributed by atoms with Crippen LogP contribution in [0.25, 0.3) is 0 Å². The number of aliphatic carboxylic acids is 5. The Hall–Kier alpha value is -5.23. The maximum atomic E-state index is 13.6. The molecule has 410 valence electrons. The van der Waals surface area contributed by atoms with Crippen LogP contribution in [0.1, 0.15) is 225 Å². The zero-order valence-corrected chi connectivity index (χ0v) is 42.9. The standard InChI is InChI=1S/C53H87N3O16/c1-2-19-43(57)41(28-32-50(66)67)56-52(70)39(27-31-49(64)65)34-45(59)42(29-33-51(68)69)55-47(61)30-26-40(53(71)72)35-44(58)38-24-22-37(23-25-38)36-54-46(60)20-17-15-13-11-9-7-5-3-4-6-8-10-12-14-16-18-21-48(62)63/h37-42H,2-36H2,1H3,(H,54,60)(H,55,61)(H,56,70)(H,62,63)(H,64,65)(H,66,67)(H,68,69)(H,71,72)/t37?,38?,39-,40-,41+,42+/m1/s1. The molecule has 3 amide bonds. The van der Waals surface area contributed by atoms with Gasteiger partial charge in [0.25, 0.3) is 0 Å². The molecule has 1 saturated carbocycles. The SMILES string of the molecule is CCCC(=O)[C@H](CCC(=O)O)NC(=O)[C@H](CCC(=O)O)CC(=O)[C@H](CCC(=O)O)NC(=O)CC[C@H](CC(=O)C1CCC(CNC(=O)CCCCCCCCCCCCCCCCCCC(=O)O)CC1)C(=O)O. The quantitative estimate of drug-likeness (QED) is 0.0268. The molecule has 8 N–H and O–H groups in total. The number of amides is 3. The predicted molar refractivity (Wildman–Crippen MR) is 267 cm³/mol. The third-order valence-electron chi connectivity index (χ3n) is 13.7. The smallest absolute Gasteiger partial charge is 0.306 e. The number of Topliss-reactive ketones (excluding diaryl/α,β-unsaturated/α-hetero) is 3. The molecule has 0 aliphatic heterocycles. The van der Waals surface area contributed by atoms with E-state index in [9.17, 15) is 68.1 Å². The molecular weight excluding hydrogens is 935 g/mol. The molecule has 0 spiro atoms. The number of carbonyl (C=O) groups excluding carboxylic acids is 6. The van der Waals surface area contributed by atoms with Crippen LogP contribution in [-0.2, 0) is 52.7 Å². The molecule has 1 aliphatic carbocycles. The summed E-state index contributed by atoms with van der Waals surface area (Å²) in [6.07, 6.45) is 17.7. The van der Waals surface area contributed by atoms with Gasteiger partial charge in [-0.15, -0.1) is 0 Å². The number of carbonyl (C=O) groups is 11. The fourth-order valence-electron chi connectivity index (χ4n) is 9.25. The van der Waals surface area contributed by atoms with E-state index < -0.39 is 116 Å². The van der Waals surface area contributed by atoms with Crippen LogP contribution in [-0.4, -0.2) is 109 Å². The Kier molecular flexibility index (Phi) is 35.4. The largest absolute Gasteiger partial charge is 0.481 e. The monoisotopic (exact) mass is 1020 g/mol. The molecule has 0 heterocycles. The number of carboxylic acid groups (broad SMARTS) is 5. The first kappa shape index (κ1) is 64.8. The van der Waals surface area contributed by atoms with Gasteiger partial charge >= 0.3 is 29.8 Å². The number of hydrogen-bond donors (Lipinski definition) is 8. The molecule has 0 aromatic carbocycles. The van der Waals surface area contributed by atoms with E-state index in [0.29, 0.717) is 45.1 Å². The van der Waals surface area contributed by atoms with E-state index in [0.717, 1.165) is 38.5 Å². The molecule has 0 aromatic rings. The van der Waals surface area contributed by atoms with Gasteiger partial charge in [0.1, 0.15) is 5.78 Å².